The van der Waals surface area contributed by atoms with Crippen molar-refractivity contribution in [2.45, 2.75) is 39.7 Å². The van der Waals surface area contributed by atoms with E-state index in [4.69, 9.17) is 4.74 Å². The number of esters is 1. The summed E-state index contributed by atoms with van der Waals surface area (Å²) < 4.78 is 6.60. The number of nitrogens with zero attached hydrogens (tertiary/aromatic N) is 2. The summed E-state index contributed by atoms with van der Waals surface area (Å²) in [6.07, 6.45) is 4.07. The van der Waals surface area contributed by atoms with Gasteiger partial charge in [-0.25, -0.2) is 9.78 Å². The molecule has 0 saturated heterocycles. The zero-order valence-electron chi connectivity index (χ0n) is 19.5. The van der Waals surface area contributed by atoms with E-state index in [9.17, 15) is 14.4 Å². The first-order valence-electron chi connectivity index (χ1n) is 11.6. The highest BCUT2D eigenvalue weighted by Crippen LogP contribution is 2.40. The second-order valence-corrected chi connectivity index (χ2v) is 10.7. The van der Waals surface area contributed by atoms with Gasteiger partial charge in [0.15, 0.2) is 0 Å². The fourth-order valence-electron chi connectivity index (χ4n) is 4.49. The summed E-state index contributed by atoms with van der Waals surface area (Å²) in [6.45, 7) is 4.02. The van der Waals surface area contributed by atoms with E-state index in [1.807, 2.05) is 35.7 Å². The Morgan fingerprint density at radius 3 is 2.83 bits per heavy atom. The number of amides is 1. The van der Waals surface area contributed by atoms with Gasteiger partial charge in [-0.1, -0.05) is 37.3 Å². The number of hydrogen-bond donors (Lipinski definition) is 1. The third-order valence-corrected chi connectivity index (χ3v) is 8.26. The maximum Gasteiger partial charge on any atom is 0.341 e. The molecule has 1 aromatic carbocycles. The normalized spacial score (nSPS) is 15.1. The highest BCUT2D eigenvalue weighted by molar-refractivity contribution is 7.17. The molecule has 1 N–H and O–H groups in total. The largest absolute Gasteiger partial charge is 0.462 e. The van der Waals surface area contributed by atoms with Crippen molar-refractivity contribution >= 4 is 49.8 Å². The lowest BCUT2D eigenvalue weighted by Crippen LogP contribution is -2.28. The van der Waals surface area contributed by atoms with Crippen molar-refractivity contribution in [2.24, 2.45) is 5.92 Å². The molecule has 1 aliphatic rings. The Kier molecular flexibility index (Phi) is 6.53. The van der Waals surface area contributed by atoms with Gasteiger partial charge in [0.1, 0.15) is 16.4 Å². The van der Waals surface area contributed by atoms with Crippen molar-refractivity contribution in [1.82, 2.24) is 9.55 Å². The number of rotatable bonds is 6. The summed E-state index contributed by atoms with van der Waals surface area (Å²) in [4.78, 5) is 45.2. The summed E-state index contributed by atoms with van der Waals surface area (Å²) in [5.74, 6) is -0.275. The summed E-state index contributed by atoms with van der Waals surface area (Å²) >= 11 is 2.84. The number of carbonyl (C=O) groups is 2. The van der Waals surface area contributed by atoms with Gasteiger partial charge in [-0.3, -0.25) is 14.2 Å². The zero-order chi connectivity index (χ0) is 24.5. The van der Waals surface area contributed by atoms with Crippen molar-refractivity contribution in [2.75, 3.05) is 11.9 Å². The summed E-state index contributed by atoms with van der Waals surface area (Å²) in [5, 5.41) is 5.80. The molecule has 0 spiro atoms. The van der Waals surface area contributed by atoms with Crippen LogP contribution < -0.4 is 10.9 Å². The lowest BCUT2D eigenvalue weighted by Gasteiger charge is -2.18. The molecular formula is C26H25N3O4S2. The number of thiophene rings is 2. The van der Waals surface area contributed by atoms with E-state index in [2.05, 4.69) is 17.2 Å². The SMILES string of the molecule is CCOC(=O)c1c(NC(=O)Cn2cnc3scc(-c4ccccc4)c3c2=O)sc2c1CC[C@@H](C)C2. The second-order valence-electron chi connectivity index (χ2n) is 8.70. The Morgan fingerprint density at radius 2 is 2.06 bits per heavy atom. The van der Waals surface area contributed by atoms with Crippen molar-refractivity contribution in [3.05, 3.63) is 68.4 Å². The zero-order valence-corrected chi connectivity index (χ0v) is 21.1. The lowest BCUT2D eigenvalue weighted by molar-refractivity contribution is -0.116. The van der Waals surface area contributed by atoms with E-state index in [0.717, 1.165) is 40.8 Å². The Hall–Kier alpha value is -3.30. The van der Waals surface area contributed by atoms with Crippen LogP contribution in [0.3, 0.4) is 0 Å². The predicted octanol–water partition coefficient (Wildman–Crippen LogP) is 5.13. The van der Waals surface area contributed by atoms with E-state index in [-0.39, 0.29) is 24.6 Å². The van der Waals surface area contributed by atoms with Crippen molar-refractivity contribution < 1.29 is 14.3 Å². The molecule has 180 valence electrons. The smallest absolute Gasteiger partial charge is 0.341 e. The van der Waals surface area contributed by atoms with E-state index in [1.54, 1.807) is 6.92 Å². The molecular weight excluding hydrogens is 482 g/mol. The minimum absolute atomic E-state index is 0.201. The molecule has 35 heavy (non-hydrogen) atoms. The van der Waals surface area contributed by atoms with E-state index in [0.29, 0.717) is 26.7 Å². The van der Waals surface area contributed by atoms with E-state index >= 15 is 0 Å². The minimum atomic E-state index is -0.416. The molecule has 7 nitrogen and oxygen atoms in total. The van der Waals surface area contributed by atoms with Crippen LogP contribution in [0.5, 0.6) is 0 Å². The van der Waals surface area contributed by atoms with Gasteiger partial charge in [0.25, 0.3) is 5.56 Å². The number of benzene rings is 1. The molecule has 0 saturated carbocycles. The first-order valence-corrected chi connectivity index (χ1v) is 13.3. The number of nitrogens with one attached hydrogen (secondary N) is 1. The Balaban J connectivity index is 1.44. The van der Waals surface area contributed by atoms with Crippen LogP contribution in [-0.4, -0.2) is 28.0 Å². The second kappa shape index (κ2) is 9.75. The highest BCUT2D eigenvalue weighted by Gasteiger charge is 2.29. The van der Waals surface area contributed by atoms with Gasteiger partial charge in [-0.15, -0.1) is 22.7 Å². The molecule has 0 radical (unpaired) electrons. The topological polar surface area (TPSA) is 90.3 Å². The van der Waals surface area contributed by atoms with Gasteiger partial charge in [0, 0.05) is 15.8 Å². The molecule has 1 amide bonds. The van der Waals surface area contributed by atoms with Crippen molar-refractivity contribution in [3.8, 4) is 11.1 Å². The average molecular weight is 508 g/mol. The van der Waals surface area contributed by atoms with Crippen LogP contribution in [-0.2, 0) is 28.9 Å². The third-order valence-electron chi connectivity index (χ3n) is 6.20. The molecule has 9 heteroatoms. The van der Waals surface area contributed by atoms with Gasteiger partial charge >= 0.3 is 5.97 Å². The first-order chi connectivity index (χ1) is 17.0. The van der Waals surface area contributed by atoms with Crippen LogP contribution in [0.25, 0.3) is 21.3 Å². The molecule has 0 unspecified atom stereocenters. The van der Waals surface area contributed by atoms with Gasteiger partial charge < -0.3 is 10.1 Å². The molecule has 4 aromatic rings. The van der Waals surface area contributed by atoms with Crippen LogP contribution >= 0.6 is 22.7 Å². The quantitative estimate of drug-likeness (QED) is 0.366. The van der Waals surface area contributed by atoms with Crippen molar-refractivity contribution in [1.29, 1.82) is 0 Å². The van der Waals surface area contributed by atoms with Crippen LogP contribution in [0.15, 0.2) is 46.8 Å². The molecule has 3 heterocycles. The van der Waals surface area contributed by atoms with Crippen molar-refractivity contribution in [3.63, 3.8) is 0 Å². The predicted molar refractivity (Wildman–Crippen MR) is 139 cm³/mol. The summed E-state index contributed by atoms with van der Waals surface area (Å²) in [6, 6.07) is 9.66. The van der Waals surface area contributed by atoms with E-state index < -0.39 is 5.97 Å². The summed E-state index contributed by atoms with van der Waals surface area (Å²) in [5.41, 5.74) is 2.90. The monoisotopic (exact) mass is 507 g/mol. The average Bonchev–Trinajstić information content (AvgIpc) is 3.43. The Bertz CT molecular complexity index is 1470. The lowest BCUT2D eigenvalue weighted by atomic mass is 9.88. The molecule has 5 rings (SSSR count). The molecule has 1 aliphatic carbocycles. The minimum Gasteiger partial charge on any atom is -0.462 e. The third kappa shape index (κ3) is 4.53. The number of fused-ring (bicyclic) bond motifs is 2. The number of hydrogen-bond acceptors (Lipinski definition) is 7. The molecule has 0 bridgehead atoms. The maximum absolute atomic E-state index is 13.3. The van der Waals surface area contributed by atoms with Crippen LogP contribution in [0, 0.1) is 5.92 Å². The van der Waals surface area contributed by atoms with Crippen LogP contribution in [0.4, 0.5) is 5.00 Å². The summed E-state index contributed by atoms with van der Waals surface area (Å²) in [7, 11) is 0. The standard InChI is InChI=1S/C26H25N3O4S2/c1-3-33-26(32)22-17-10-9-15(2)11-19(17)35-24(22)28-20(30)12-29-14-27-23-21(25(29)31)18(13-34-23)16-7-5-4-6-8-16/h4-8,13-15H,3,9-12H2,1-2H3,(H,28,30)/t15-/m1/s1. The molecule has 1 atom stereocenters. The molecule has 0 fully saturated rings. The first kappa shape index (κ1) is 23.4. The van der Waals surface area contributed by atoms with Gasteiger partial charge in [-0.05, 0) is 43.2 Å². The Morgan fingerprint density at radius 1 is 1.26 bits per heavy atom. The fourth-order valence-corrected chi connectivity index (χ4v) is 6.81. The van der Waals surface area contributed by atoms with Gasteiger partial charge in [-0.2, -0.15) is 0 Å². The van der Waals surface area contributed by atoms with Crippen LogP contribution in [0.2, 0.25) is 0 Å². The molecule has 3 aromatic heterocycles. The highest BCUT2D eigenvalue weighted by atomic mass is 32.1. The number of ether oxygens (including phenoxy) is 1. The Labute approximate surface area is 210 Å². The fraction of sp³-hybridized carbons (Fsp3) is 0.308. The molecule has 0 aliphatic heterocycles. The number of anilines is 1. The maximum atomic E-state index is 13.3. The van der Waals surface area contributed by atoms with Gasteiger partial charge in [0.05, 0.1) is 23.9 Å². The number of aromatic nitrogens is 2. The van der Waals surface area contributed by atoms with Gasteiger partial charge in [0.2, 0.25) is 5.91 Å². The number of carbonyl (C=O) groups excluding carboxylic acids is 2. The van der Waals surface area contributed by atoms with E-state index in [1.165, 1.54) is 33.6 Å². The van der Waals surface area contributed by atoms with Crippen LogP contribution in [0.1, 0.15) is 41.1 Å².